The van der Waals surface area contributed by atoms with Gasteiger partial charge in [0.25, 0.3) is 15.9 Å². The highest BCUT2D eigenvalue weighted by molar-refractivity contribution is 7.92. The number of nitrogens with zero attached hydrogens (tertiary/aromatic N) is 1. The average molecular weight is 373 g/mol. The molecule has 0 unspecified atom stereocenters. The smallest absolute Gasteiger partial charge is 0.262 e. The molecule has 0 aliphatic heterocycles. The Bertz CT molecular complexity index is 935. The Balaban J connectivity index is 2.28. The molecule has 7 nitrogen and oxygen atoms in total. The summed E-state index contributed by atoms with van der Waals surface area (Å²) < 4.78 is 32.8. The van der Waals surface area contributed by atoms with E-state index in [2.05, 4.69) is 10.0 Å². The summed E-state index contributed by atoms with van der Waals surface area (Å²) in [6.45, 7) is 1.77. The quantitative estimate of drug-likeness (QED) is 0.775. The van der Waals surface area contributed by atoms with Crippen molar-refractivity contribution in [3.63, 3.8) is 0 Å². The third kappa shape index (κ3) is 4.52. The van der Waals surface area contributed by atoms with E-state index in [0.29, 0.717) is 17.9 Å². The van der Waals surface area contributed by atoms with Gasteiger partial charge >= 0.3 is 0 Å². The molecule has 2 aromatic carbocycles. The number of sulfonamides is 1. The van der Waals surface area contributed by atoms with E-state index >= 15 is 0 Å². The summed E-state index contributed by atoms with van der Waals surface area (Å²) in [6, 6.07) is 13.6. The Morgan fingerprint density at radius 1 is 1.23 bits per heavy atom. The third-order valence-electron chi connectivity index (χ3n) is 3.63. The van der Waals surface area contributed by atoms with Gasteiger partial charge in [0.1, 0.15) is 11.8 Å². The lowest BCUT2D eigenvalue weighted by atomic mass is 10.2. The van der Waals surface area contributed by atoms with Crippen LogP contribution < -0.4 is 14.8 Å². The Morgan fingerprint density at radius 3 is 2.62 bits per heavy atom. The molecule has 0 radical (unpaired) electrons. The minimum atomic E-state index is -3.92. The second-order valence-electron chi connectivity index (χ2n) is 5.40. The molecule has 26 heavy (non-hydrogen) atoms. The van der Waals surface area contributed by atoms with Gasteiger partial charge in [-0.2, -0.15) is 5.26 Å². The van der Waals surface area contributed by atoms with Crippen molar-refractivity contribution >= 4 is 21.6 Å². The van der Waals surface area contributed by atoms with Crippen LogP contribution in [0, 0.1) is 11.3 Å². The number of hydrogen-bond donors (Lipinski definition) is 2. The molecule has 0 aromatic heterocycles. The lowest BCUT2D eigenvalue weighted by molar-refractivity contribution is 0.0944. The highest BCUT2D eigenvalue weighted by atomic mass is 32.2. The van der Waals surface area contributed by atoms with Crippen molar-refractivity contribution in [3.05, 3.63) is 54.1 Å². The first kappa shape index (κ1) is 19.3. The molecular formula is C18H19N3O4S. The van der Waals surface area contributed by atoms with Crippen LogP contribution in [0.15, 0.2) is 53.4 Å². The summed E-state index contributed by atoms with van der Waals surface area (Å²) in [4.78, 5) is 12.1. The van der Waals surface area contributed by atoms with Crippen LogP contribution in [0.2, 0.25) is 0 Å². The zero-order valence-corrected chi connectivity index (χ0v) is 15.2. The van der Waals surface area contributed by atoms with Gasteiger partial charge < -0.3 is 10.1 Å². The second kappa shape index (κ2) is 8.36. The Morgan fingerprint density at radius 2 is 1.96 bits per heavy atom. The third-order valence-corrected chi connectivity index (χ3v) is 4.99. The van der Waals surface area contributed by atoms with E-state index in [1.165, 1.54) is 31.4 Å². The molecule has 136 valence electrons. The summed E-state index contributed by atoms with van der Waals surface area (Å²) in [5.74, 6) is -0.127. The molecule has 0 aliphatic rings. The number of anilines is 1. The summed E-state index contributed by atoms with van der Waals surface area (Å²) in [6.07, 6.45) is 0.454. The first-order chi connectivity index (χ1) is 12.4. The van der Waals surface area contributed by atoms with E-state index in [4.69, 9.17) is 10.00 Å². The second-order valence-corrected chi connectivity index (χ2v) is 7.08. The van der Waals surface area contributed by atoms with Crippen molar-refractivity contribution in [2.75, 3.05) is 11.8 Å². The predicted molar refractivity (Wildman–Crippen MR) is 97.4 cm³/mol. The predicted octanol–water partition coefficient (Wildman–Crippen LogP) is 2.53. The Hall–Kier alpha value is -3.05. The van der Waals surface area contributed by atoms with Gasteiger partial charge in [-0.25, -0.2) is 8.42 Å². The molecule has 2 aromatic rings. The molecule has 0 bridgehead atoms. The highest BCUT2D eigenvalue weighted by Crippen LogP contribution is 2.26. The van der Waals surface area contributed by atoms with E-state index in [9.17, 15) is 13.2 Å². The van der Waals surface area contributed by atoms with Gasteiger partial charge in [0.2, 0.25) is 0 Å². The van der Waals surface area contributed by atoms with E-state index in [1.807, 2.05) is 6.07 Å². The van der Waals surface area contributed by atoms with Gasteiger partial charge in [-0.1, -0.05) is 25.1 Å². The molecule has 1 amide bonds. The zero-order valence-electron chi connectivity index (χ0n) is 14.4. The molecule has 8 heteroatoms. The summed E-state index contributed by atoms with van der Waals surface area (Å²) in [5.41, 5.74) is 0.446. The van der Waals surface area contributed by atoms with Gasteiger partial charge in [-0.3, -0.25) is 9.52 Å². The first-order valence-corrected chi connectivity index (χ1v) is 9.36. The Kier molecular flexibility index (Phi) is 6.20. The molecule has 0 aliphatic carbocycles. The first-order valence-electron chi connectivity index (χ1n) is 7.87. The molecule has 0 fully saturated rings. The maximum atomic E-state index is 12.6. The molecule has 0 saturated heterocycles. The molecule has 0 saturated carbocycles. The number of carbonyl (C=O) groups is 1. The van der Waals surface area contributed by atoms with Gasteiger partial charge in [0, 0.05) is 5.56 Å². The molecule has 2 N–H and O–H groups in total. The summed E-state index contributed by atoms with van der Waals surface area (Å²) in [5, 5.41) is 11.5. The van der Waals surface area contributed by atoms with Crippen molar-refractivity contribution in [3.8, 4) is 11.8 Å². The SMILES string of the molecule is CC[C@H](C#N)NC(=O)c1cccc(S(=O)(=O)Nc2ccccc2OC)c1. The molecule has 1 atom stereocenters. The number of benzene rings is 2. The van der Waals surface area contributed by atoms with Crippen molar-refractivity contribution in [2.24, 2.45) is 0 Å². The topological polar surface area (TPSA) is 108 Å². The Labute approximate surface area is 152 Å². The van der Waals surface area contributed by atoms with Crippen molar-refractivity contribution in [1.29, 1.82) is 5.26 Å². The van der Waals surface area contributed by atoms with Gasteiger partial charge in [-0.05, 0) is 36.8 Å². The van der Waals surface area contributed by atoms with E-state index in [-0.39, 0.29) is 10.5 Å². The fraction of sp³-hybridized carbons (Fsp3) is 0.222. The molecule has 0 spiro atoms. The van der Waals surface area contributed by atoms with Crippen LogP contribution >= 0.6 is 0 Å². The minimum Gasteiger partial charge on any atom is -0.495 e. The maximum Gasteiger partial charge on any atom is 0.262 e. The van der Waals surface area contributed by atoms with Gasteiger partial charge in [0.05, 0.1) is 23.8 Å². The van der Waals surface area contributed by atoms with Crippen LogP contribution in [0.25, 0.3) is 0 Å². The number of amides is 1. The maximum absolute atomic E-state index is 12.6. The largest absolute Gasteiger partial charge is 0.495 e. The minimum absolute atomic E-state index is 0.0685. The van der Waals surface area contributed by atoms with Crippen LogP contribution in [0.3, 0.4) is 0 Å². The molecule has 2 rings (SSSR count). The van der Waals surface area contributed by atoms with Gasteiger partial charge in [-0.15, -0.1) is 0 Å². The van der Waals surface area contributed by atoms with Crippen molar-refractivity contribution < 1.29 is 17.9 Å². The van der Waals surface area contributed by atoms with Crippen molar-refractivity contribution in [2.45, 2.75) is 24.3 Å². The van der Waals surface area contributed by atoms with Crippen LogP contribution in [-0.4, -0.2) is 27.5 Å². The highest BCUT2D eigenvalue weighted by Gasteiger charge is 2.19. The number of nitrogens with one attached hydrogen (secondary N) is 2. The number of rotatable bonds is 7. The number of hydrogen-bond acceptors (Lipinski definition) is 5. The fourth-order valence-corrected chi connectivity index (χ4v) is 3.32. The average Bonchev–Trinajstić information content (AvgIpc) is 2.66. The zero-order chi connectivity index (χ0) is 19.2. The number of carbonyl (C=O) groups excluding carboxylic acids is 1. The lowest BCUT2D eigenvalue weighted by Gasteiger charge is -2.13. The van der Waals surface area contributed by atoms with Crippen LogP contribution in [0.1, 0.15) is 23.7 Å². The molecular weight excluding hydrogens is 354 g/mol. The lowest BCUT2D eigenvalue weighted by Crippen LogP contribution is -2.33. The van der Waals surface area contributed by atoms with Gasteiger partial charge in [0.15, 0.2) is 0 Å². The van der Waals surface area contributed by atoms with Crippen LogP contribution in [0.4, 0.5) is 5.69 Å². The number of nitriles is 1. The normalized spacial score (nSPS) is 11.9. The van der Waals surface area contributed by atoms with Crippen LogP contribution in [-0.2, 0) is 10.0 Å². The van der Waals surface area contributed by atoms with Crippen molar-refractivity contribution in [1.82, 2.24) is 5.32 Å². The van der Waals surface area contributed by atoms with E-state index in [0.717, 1.165) is 0 Å². The fourth-order valence-electron chi connectivity index (χ4n) is 2.20. The van der Waals surface area contributed by atoms with E-state index in [1.54, 1.807) is 31.2 Å². The number of ether oxygens (including phenoxy) is 1. The van der Waals surface area contributed by atoms with E-state index < -0.39 is 22.0 Å². The number of methoxy groups -OCH3 is 1. The summed E-state index contributed by atoms with van der Waals surface area (Å²) in [7, 11) is -2.47. The van der Waals surface area contributed by atoms with Crippen LogP contribution in [0.5, 0.6) is 5.75 Å². The number of para-hydroxylation sites is 2. The monoisotopic (exact) mass is 373 g/mol. The standard InChI is InChI=1S/C18H19N3O4S/c1-3-14(12-19)20-18(22)13-7-6-8-15(11-13)26(23,24)21-16-9-4-5-10-17(16)25-2/h4-11,14,21H,3H2,1-2H3,(H,20,22)/t14-/m1/s1. The summed E-state index contributed by atoms with van der Waals surface area (Å²) >= 11 is 0. The molecule has 0 heterocycles.